The van der Waals surface area contributed by atoms with Crippen molar-refractivity contribution in [3.8, 4) is 6.07 Å². The fraction of sp³-hybridized carbons (Fsp3) is 0.100. The van der Waals surface area contributed by atoms with Crippen molar-refractivity contribution in [1.29, 1.82) is 5.26 Å². The second kappa shape index (κ2) is 5.84. The Bertz CT molecular complexity index is 506. The predicted molar refractivity (Wildman–Crippen MR) is 65.2 cm³/mol. The third-order valence-corrected chi connectivity index (χ3v) is 2.42. The number of nitrogens with zero attached hydrogens (tertiary/aromatic N) is 2. The molecule has 1 amide bonds. The van der Waals surface area contributed by atoms with E-state index in [1.807, 2.05) is 5.43 Å². The number of hydrazone groups is 1. The summed E-state index contributed by atoms with van der Waals surface area (Å²) in [7, 11) is 0. The molecule has 0 aliphatic rings. The van der Waals surface area contributed by atoms with Gasteiger partial charge in [0.15, 0.2) is 0 Å². The van der Waals surface area contributed by atoms with Gasteiger partial charge in [-0.1, -0.05) is 17.7 Å². The smallest absolute Gasteiger partial charge is 0.288 e. The largest absolute Gasteiger partial charge is 0.296 e. The number of nitrogens with one attached hydrogen (secondary N) is 2. The minimum Gasteiger partial charge on any atom is -0.288 e. The zero-order chi connectivity index (χ0) is 12.8. The van der Waals surface area contributed by atoms with Crippen LogP contribution in [0.5, 0.6) is 0 Å². The van der Waals surface area contributed by atoms with Crippen LogP contribution in [0.4, 0.5) is 5.69 Å². The van der Waals surface area contributed by atoms with E-state index in [0.717, 1.165) is 5.56 Å². The topological polar surface area (TPSA) is 103 Å². The van der Waals surface area contributed by atoms with Crippen LogP contribution in [0.15, 0.2) is 23.3 Å². The third kappa shape index (κ3) is 3.17. The van der Waals surface area contributed by atoms with E-state index in [1.165, 1.54) is 0 Å². The molecule has 0 fully saturated rings. The van der Waals surface area contributed by atoms with Gasteiger partial charge in [-0.3, -0.25) is 15.6 Å². The number of hydrogen-bond acceptors (Lipinski definition) is 5. The summed E-state index contributed by atoms with van der Waals surface area (Å²) in [6.45, 7) is 1.79. The summed E-state index contributed by atoms with van der Waals surface area (Å²) in [4.78, 5) is 11.1. The van der Waals surface area contributed by atoms with E-state index in [-0.39, 0.29) is 5.71 Å². The van der Waals surface area contributed by atoms with Crippen molar-refractivity contribution in [3.63, 3.8) is 0 Å². The van der Waals surface area contributed by atoms with Gasteiger partial charge in [0.1, 0.15) is 6.07 Å². The number of rotatable bonds is 3. The molecule has 1 rings (SSSR count). The lowest BCUT2D eigenvalue weighted by molar-refractivity contribution is -0.114. The Morgan fingerprint density at radius 3 is 2.88 bits per heavy atom. The van der Waals surface area contributed by atoms with Gasteiger partial charge >= 0.3 is 0 Å². The quantitative estimate of drug-likeness (QED) is 0.322. The summed E-state index contributed by atoms with van der Waals surface area (Å²) in [6, 6.07) is 6.79. The molecule has 4 N–H and O–H groups in total. The number of amides is 1. The van der Waals surface area contributed by atoms with Crippen molar-refractivity contribution in [2.45, 2.75) is 6.92 Å². The molecular formula is C10H10ClN5O. The molecule has 0 aliphatic carbocycles. The lowest BCUT2D eigenvalue weighted by Gasteiger charge is -2.06. The molecule has 0 saturated heterocycles. The zero-order valence-corrected chi connectivity index (χ0v) is 9.75. The highest BCUT2D eigenvalue weighted by atomic mass is 35.5. The lowest BCUT2D eigenvalue weighted by atomic mass is 10.2. The second-order valence-electron chi connectivity index (χ2n) is 3.07. The number of benzene rings is 1. The van der Waals surface area contributed by atoms with Crippen LogP contribution >= 0.6 is 11.6 Å². The Labute approximate surface area is 103 Å². The maximum Gasteiger partial charge on any atom is 0.296 e. The molecule has 0 unspecified atom stereocenters. The van der Waals surface area contributed by atoms with E-state index in [4.69, 9.17) is 22.7 Å². The number of nitrogens with two attached hydrogens (primary N) is 1. The van der Waals surface area contributed by atoms with Gasteiger partial charge in [0.05, 0.1) is 5.69 Å². The van der Waals surface area contributed by atoms with Gasteiger partial charge in [-0.15, -0.1) is 0 Å². The number of nitriles is 1. The first-order valence-corrected chi connectivity index (χ1v) is 4.97. The van der Waals surface area contributed by atoms with E-state index < -0.39 is 5.91 Å². The van der Waals surface area contributed by atoms with Gasteiger partial charge in [0.25, 0.3) is 5.91 Å². The van der Waals surface area contributed by atoms with E-state index in [9.17, 15) is 4.79 Å². The first-order valence-electron chi connectivity index (χ1n) is 4.60. The van der Waals surface area contributed by atoms with Crippen LogP contribution in [0.3, 0.4) is 0 Å². The average Bonchev–Trinajstić information content (AvgIpc) is 2.34. The van der Waals surface area contributed by atoms with E-state index in [0.29, 0.717) is 10.7 Å². The molecule has 0 heterocycles. The maximum absolute atomic E-state index is 11.1. The maximum atomic E-state index is 11.1. The molecule has 0 bridgehead atoms. The van der Waals surface area contributed by atoms with Crippen molar-refractivity contribution < 1.29 is 4.79 Å². The van der Waals surface area contributed by atoms with Crippen molar-refractivity contribution in [2.24, 2.45) is 10.9 Å². The van der Waals surface area contributed by atoms with Gasteiger partial charge in [-0.05, 0) is 24.6 Å². The molecule has 0 radical (unpaired) electrons. The Morgan fingerprint density at radius 1 is 1.59 bits per heavy atom. The first kappa shape index (κ1) is 13.0. The SMILES string of the molecule is Cc1c(Cl)cccc1N/N=C(\C#N)C(=O)NN. The molecule has 0 aromatic heterocycles. The van der Waals surface area contributed by atoms with E-state index in [1.54, 1.807) is 31.2 Å². The molecule has 6 nitrogen and oxygen atoms in total. The van der Waals surface area contributed by atoms with Gasteiger partial charge in [-0.25, -0.2) is 5.84 Å². The normalized spacial score (nSPS) is 10.6. The van der Waals surface area contributed by atoms with Crippen molar-refractivity contribution in [2.75, 3.05) is 5.43 Å². The van der Waals surface area contributed by atoms with Crippen LogP contribution in [0.25, 0.3) is 0 Å². The molecular weight excluding hydrogens is 242 g/mol. The standard InChI is InChI=1S/C10H10ClN5O/c1-6-7(11)3-2-4-8(6)15-16-9(5-12)10(17)14-13/h2-4,15H,13H2,1H3,(H,14,17)/b16-9+. The summed E-state index contributed by atoms with van der Waals surface area (Å²) >= 11 is 5.90. The number of hydrazine groups is 1. The molecule has 88 valence electrons. The highest BCUT2D eigenvalue weighted by molar-refractivity contribution is 6.45. The number of hydrogen-bond donors (Lipinski definition) is 3. The molecule has 17 heavy (non-hydrogen) atoms. The predicted octanol–water partition coefficient (Wildman–Crippen LogP) is 0.930. The summed E-state index contributed by atoms with van der Waals surface area (Å²) < 4.78 is 0. The minimum absolute atomic E-state index is 0.369. The molecule has 0 spiro atoms. The van der Waals surface area contributed by atoms with Gasteiger partial charge in [0, 0.05) is 5.02 Å². The third-order valence-electron chi connectivity index (χ3n) is 2.01. The number of carbonyl (C=O) groups excluding carboxylic acids is 1. The van der Waals surface area contributed by atoms with Gasteiger partial charge in [0.2, 0.25) is 5.71 Å². The Hall–Kier alpha value is -2.10. The van der Waals surface area contributed by atoms with Gasteiger partial charge in [-0.2, -0.15) is 10.4 Å². The van der Waals surface area contributed by atoms with Crippen molar-refractivity contribution >= 4 is 28.9 Å². The molecule has 0 saturated carbocycles. The van der Waals surface area contributed by atoms with Crippen LogP contribution in [-0.2, 0) is 4.79 Å². The van der Waals surface area contributed by atoms with Crippen molar-refractivity contribution in [1.82, 2.24) is 5.43 Å². The fourth-order valence-corrected chi connectivity index (χ4v) is 1.21. The number of halogens is 1. The lowest BCUT2D eigenvalue weighted by Crippen LogP contribution is -2.36. The first-order chi connectivity index (χ1) is 8.10. The average molecular weight is 252 g/mol. The summed E-state index contributed by atoms with van der Waals surface area (Å²) in [5, 5.41) is 12.9. The van der Waals surface area contributed by atoms with Crippen molar-refractivity contribution in [3.05, 3.63) is 28.8 Å². The summed E-state index contributed by atoms with van der Waals surface area (Å²) in [5.41, 5.74) is 5.41. The molecule has 0 aliphatic heterocycles. The van der Waals surface area contributed by atoms with E-state index >= 15 is 0 Å². The highest BCUT2D eigenvalue weighted by Gasteiger charge is 2.09. The summed E-state index contributed by atoms with van der Waals surface area (Å²) in [5.74, 6) is 4.13. The van der Waals surface area contributed by atoms with Crippen LogP contribution in [0, 0.1) is 18.3 Å². The fourth-order valence-electron chi connectivity index (χ4n) is 1.04. The zero-order valence-electron chi connectivity index (χ0n) is 8.99. The summed E-state index contributed by atoms with van der Waals surface area (Å²) in [6.07, 6.45) is 0. The minimum atomic E-state index is -0.764. The van der Waals surface area contributed by atoms with Crippen LogP contribution in [0.2, 0.25) is 5.02 Å². The Balaban J connectivity index is 2.93. The Kier molecular flexibility index (Phi) is 4.46. The van der Waals surface area contributed by atoms with E-state index in [2.05, 4.69) is 10.5 Å². The number of anilines is 1. The van der Waals surface area contributed by atoms with Crippen LogP contribution < -0.4 is 16.7 Å². The molecule has 1 aromatic carbocycles. The van der Waals surface area contributed by atoms with Crippen LogP contribution in [0.1, 0.15) is 5.56 Å². The second-order valence-corrected chi connectivity index (χ2v) is 3.48. The molecule has 7 heteroatoms. The number of carbonyl (C=O) groups is 1. The highest BCUT2D eigenvalue weighted by Crippen LogP contribution is 2.22. The monoisotopic (exact) mass is 251 g/mol. The molecule has 1 aromatic rings. The molecule has 0 atom stereocenters. The van der Waals surface area contributed by atoms with Gasteiger partial charge < -0.3 is 0 Å². The van der Waals surface area contributed by atoms with Crippen LogP contribution in [-0.4, -0.2) is 11.6 Å². The Morgan fingerprint density at radius 2 is 2.29 bits per heavy atom.